The van der Waals surface area contributed by atoms with Crippen molar-refractivity contribution in [1.82, 2.24) is 4.72 Å². The Morgan fingerprint density at radius 2 is 2.31 bits per heavy atom. The first-order valence-electron chi connectivity index (χ1n) is 4.93. The zero-order valence-corrected chi connectivity index (χ0v) is 9.47. The normalized spacial score (nSPS) is 13.9. The molecule has 0 bridgehead atoms. The third kappa shape index (κ3) is 2.03. The van der Waals surface area contributed by atoms with Crippen LogP contribution in [0.15, 0.2) is 23.1 Å². The van der Waals surface area contributed by atoms with Crippen molar-refractivity contribution in [2.24, 2.45) is 0 Å². The monoisotopic (exact) mass is 236 g/mol. The Morgan fingerprint density at radius 3 is 3.06 bits per heavy atom. The molecule has 0 radical (unpaired) electrons. The number of fused-ring (bicyclic) bond motifs is 1. The Hall–Kier alpha value is -1.51. The van der Waals surface area contributed by atoms with E-state index in [-0.39, 0.29) is 11.4 Å². The first-order valence-corrected chi connectivity index (χ1v) is 6.42. The molecule has 0 saturated carbocycles. The van der Waals surface area contributed by atoms with E-state index < -0.39 is 10.0 Å². The van der Waals surface area contributed by atoms with Crippen molar-refractivity contribution >= 4 is 15.7 Å². The summed E-state index contributed by atoms with van der Waals surface area (Å²) in [6.45, 7) is 0.869. The molecule has 2 rings (SSSR count). The minimum atomic E-state index is -3.46. The lowest BCUT2D eigenvalue weighted by molar-refractivity contribution is 0.586. The predicted octanol–water partition coefficient (Wildman–Crippen LogP) is 0.566. The third-order valence-corrected chi connectivity index (χ3v) is 3.86. The number of sulfonamides is 1. The molecule has 1 heterocycles. The summed E-state index contributed by atoms with van der Waals surface area (Å²) < 4.78 is 25.9. The Bertz CT molecular complexity index is 544. The van der Waals surface area contributed by atoms with Crippen molar-refractivity contribution in [3.8, 4) is 12.3 Å². The standard InChI is InChI=1S/C11H12N2O2S/c1-2-6-13-16(14,15)10-3-4-11-9(8-10)5-7-12-11/h1,3-4,8,12-13H,5-7H2. The number of hydrogen-bond donors (Lipinski definition) is 2. The van der Waals surface area contributed by atoms with Crippen molar-refractivity contribution in [2.45, 2.75) is 11.3 Å². The maximum Gasteiger partial charge on any atom is 0.241 e. The molecule has 1 aromatic rings. The maximum absolute atomic E-state index is 11.8. The minimum Gasteiger partial charge on any atom is -0.384 e. The quantitative estimate of drug-likeness (QED) is 0.754. The summed E-state index contributed by atoms with van der Waals surface area (Å²) in [5.41, 5.74) is 2.04. The number of anilines is 1. The average Bonchev–Trinajstić information content (AvgIpc) is 2.73. The summed E-state index contributed by atoms with van der Waals surface area (Å²) in [6.07, 6.45) is 5.87. The molecule has 2 N–H and O–H groups in total. The summed E-state index contributed by atoms with van der Waals surface area (Å²) in [5, 5.41) is 3.17. The van der Waals surface area contributed by atoms with Gasteiger partial charge in [-0.25, -0.2) is 8.42 Å². The van der Waals surface area contributed by atoms with Crippen LogP contribution in [0.25, 0.3) is 0 Å². The van der Waals surface area contributed by atoms with Crippen LogP contribution in [0.4, 0.5) is 5.69 Å². The molecule has 1 aliphatic rings. The highest BCUT2D eigenvalue weighted by Crippen LogP contribution is 2.24. The zero-order chi connectivity index (χ0) is 11.6. The largest absolute Gasteiger partial charge is 0.384 e. The van der Waals surface area contributed by atoms with E-state index in [1.807, 2.05) is 0 Å². The van der Waals surface area contributed by atoms with Crippen LogP contribution in [0, 0.1) is 12.3 Å². The van der Waals surface area contributed by atoms with Gasteiger partial charge in [-0.2, -0.15) is 4.72 Å². The third-order valence-electron chi connectivity index (χ3n) is 2.46. The van der Waals surface area contributed by atoms with Gasteiger partial charge in [0.15, 0.2) is 0 Å². The second-order valence-corrected chi connectivity index (χ2v) is 5.29. The van der Waals surface area contributed by atoms with Crippen LogP contribution in [-0.2, 0) is 16.4 Å². The number of rotatable bonds is 3. The highest BCUT2D eigenvalue weighted by atomic mass is 32.2. The summed E-state index contributed by atoms with van der Waals surface area (Å²) >= 11 is 0. The van der Waals surface area contributed by atoms with Gasteiger partial charge in [0.1, 0.15) is 0 Å². The summed E-state index contributed by atoms with van der Waals surface area (Å²) in [5.74, 6) is 2.24. The number of terminal acetylenes is 1. The van der Waals surface area contributed by atoms with Gasteiger partial charge in [-0.3, -0.25) is 0 Å². The fourth-order valence-electron chi connectivity index (χ4n) is 1.67. The minimum absolute atomic E-state index is 0.0116. The van der Waals surface area contributed by atoms with Crippen molar-refractivity contribution in [2.75, 3.05) is 18.4 Å². The van der Waals surface area contributed by atoms with Crippen LogP contribution < -0.4 is 10.0 Å². The van der Waals surface area contributed by atoms with Gasteiger partial charge in [0, 0.05) is 12.2 Å². The van der Waals surface area contributed by atoms with E-state index in [1.54, 1.807) is 18.2 Å². The van der Waals surface area contributed by atoms with E-state index in [2.05, 4.69) is 16.0 Å². The van der Waals surface area contributed by atoms with Gasteiger partial charge in [-0.05, 0) is 30.2 Å². The van der Waals surface area contributed by atoms with Gasteiger partial charge >= 0.3 is 0 Å². The summed E-state index contributed by atoms with van der Waals surface area (Å²) in [6, 6.07) is 5.05. The molecule has 0 aromatic heterocycles. The molecule has 0 fully saturated rings. The van der Waals surface area contributed by atoms with E-state index in [0.717, 1.165) is 24.2 Å². The van der Waals surface area contributed by atoms with Gasteiger partial charge < -0.3 is 5.32 Å². The van der Waals surface area contributed by atoms with Crippen molar-refractivity contribution < 1.29 is 8.42 Å². The molecule has 1 aliphatic heterocycles. The van der Waals surface area contributed by atoms with Gasteiger partial charge in [0.25, 0.3) is 0 Å². The smallest absolute Gasteiger partial charge is 0.241 e. The first kappa shape index (κ1) is 11.0. The van der Waals surface area contributed by atoms with Gasteiger partial charge in [-0.15, -0.1) is 6.42 Å². The van der Waals surface area contributed by atoms with Crippen molar-refractivity contribution in [1.29, 1.82) is 0 Å². The topological polar surface area (TPSA) is 58.2 Å². The zero-order valence-electron chi connectivity index (χ0n) is 8.66. The molecule has 0 atom stereocenters. The lowest BCUT2D eigenvalue weighted by Gasteiger charge is -2.06. The fraction of sp³-hybridized carbons (Fsp3) is 0.273. The van der Waals surface area contributed by atoms with Gasteiger partial charge in [0.05, 0.1) is 11.4 Å². The lowest BCUT2D eigenvalue weighted by Crippen LogP contribution is -2.23. The molecule has 5 heteroatoms. The molecule has 0 aliphatic carbocycles. The van der Waals surface area contributed by atoms with Crippen LogP contribution >= 0.6 is 0 Å². The van der Waals surface area contributed by atoms with E-state index in [0.29, 0.717) is 0 Å². The van der Waals surface area contributed by atoms with Crippen LogP contribution in [0.3, 0.4) is 0 Å². The van der Waals surface area contributed by atoms with Gasteiger partial charge in [-0.1, -0.05) is 5.92 Å². The highest BCUT2D eigenvalue weighted by Gasteiger charge is 2.17. The Morgan fingerprint density at radius 1 is 1.50 bits per heavy atom. The second-order valence-electron chi connectivity index (χ2n) is 3.52. The van der Waals surface area contributed by atoms with Gasteiger partial charge in [0.2, 0.25) is 10.0 Å². The number of hydrogen-bond acceptors (Lipinski definition) is 3. The number of nitrogens with one attached hydrogen (secondary N) is 2. The second kappa shape index (κ2) is 4.16. The molecular weight excluding hydrogens is 224 g/mol. The van der Waals surface area contributed by atoms with E-state index in [1.165, 1.54) is 0 Å². The molecule has 0 amide bonds. The predicted molar refractivity (Wildman–Crippen MR) is 62.7 cm³/mol. The number of benzene rings is 1. The molecule has 0 saturated heterocycles. The Balaban J connectivity index is 2.32. The Kier molecular flexibility index (Phi) is 2.86. The molecule has 0 spiro atoms. The molecular formula is C11H12N2O2S. The fourth-order valence-corrected chi connectivity index (χ4v) is 2.65. The van der Waals surface area contributed by atoms with Crippen molar-refractivity contribution in [3.05, 3.63) is 23.8 Å². The summed E-state index contributed by atoms with van der Waals surface area (Å²) in [7, 11) is -3.46. The highest BCUT2D eigenvalue weighted by molar-refractivity contribution is 7.89. The molecule has 16 heavy (non-hydrogen) atoms. The van der Waals surface area contributed by atoms with Crippen molar-refractivity contribution in [3.63, 3.8) is 0 Å². The molecule has 0 unspecified atom stereocenters. The van der Waals surface area contributed by atoms with Crippen LogP contribution in [0.1, 0.15) is 5.56 Å². The lowest BCUT2D eigenvalue weighted by atomic mass is 10.2. The van der Waals surface area contributed by atoms with Crippen LogP contribution in [0.2, 0.25) is 0 Å². The van der Waals surface area contributed by atoms with Crippen LogP contribution in [-0.4, -0.2) is 21.5 Å². The molecule has 1 aromatic carbocycles. The van der Waals surface area contributed by atoms with Crippen LogP contribution in [0.5, 0.6) is 0 Å². The summed E-state index contributed by atoms with van der Waals surface area (Å²) in [4.78, 5) is 0.269. The maximum atomic E-state index is 11.8. The Labute approximate surface area is 95.1 Å². The SMILES string of the molecule is C#CCNS(=O)(=O)c1ccc2c(c1)CCN2. The molecule has 84 valence electrons. The van der Waals surface area contributed by atoms with E-state index >= 15 is 0 Å². The van der Waals surface area contributed by atoms with E-state index in [9.17, 15) is 8.42 Å². The van der Waals surface area contributed by atoms with E-state index in [4.69, 9.17) is 6.42 Å². The molecule has 4 nitrogen and oxygen atoms in total. The average molecular weight is 236 g/mol. The first-order chi connectivity index (χ1) is 7.63.